The number of nitrogens with zero attached hydrogens (tertiary/aromatic N) is 1. The van der Waals surface area contributed by atoms with E-state index in [4.69, 9.17) is 4.74 Å². The summed E-state index contributed by atoms with van der Waals surface area (Å²) in [4.78, 5) is 26.3. The number of hydrogen-bond acceptors (Lipinski definition) is 3. The van der Waals surface area contributed by atoms with Crippen molar-refractivity contribution in [2.24, 2.45) is 0 Å². The fourth-order valence-corrected chi connectivity index (χ4v) is 3.61. The Balaban J connectivity index is 1.73. The van der Waals surface area contributed by atoms with Gasteiger partial charge >= 0.3 is 0 Å². The number of benzene rings is 2. The Hall–Kier alpha value is -2.34. The highest BCUT2D eigenvalue weighted by atomic mass is 79.9. The number of rotatable bonds is 5. The van der Waals surface area contributed by atoms with E-state index in [1.54, 1.807) is 24.1 Å². The van der Waals surface area contributed by atoms with E-state index in [9.17, 15) is 9.59 Å². The summed E-state index contributed by atoms with van der Waals surface area (Å²) < 4.78 is 6.08. The second kappa shape index (κ2) is 7.91. The van der Waals surface area contributed by atoms with Crippen LogP contribution in [0.1, 0.15) is 41.7 Å². The first-order valence-electron chi connectivity index (χ1n) is 8.54. The number of carbonyl (C=O) groups is 2. The predicted octanol–water partition coefficient (Wildman–Crippen LogP) is 4.08. The van der Waals surface area contributed by atoms with Gasteiger partial charge in [-0.05, 0) is 65.2 Å². The summed E-state index contributed by atoms with van der Waals surface area (Å²) >= 11 is 3.46. The normalized spacial score (nSPS) is 15.0. The van der Waals surface area contributed by atoms with Gasteiger partial charge in [-0.3, -0.25) is 9.59 Å². The lowest BCUT2D eigenvalue weighted by atomic mass is 10.1. The number of methoxy groups -OCH3 is 1. The molecule has 136 valence electrons. The van der Waals surface area contributed by atoms with Crippen LogP contribution >= 0.6 is 15.9 Å². The Morgan fingerprint density at radius 3 is 2.73 bits per heavy atom. The summed E-state index contributed by atoms with van der Waals surface area (Å²) in [5, 5.41) is 3.00. The van der Waals surface area contributed by atoms with Crippen LogP contribution in [-0.2, 0) is 4.79 Å². The van der Waals surface area contributed by atoms with Gasteiger partial charge in [0.1, 0.15) is 5.75 Å². The van der Waals surface area contributed by atoms with Crippen LogP contribution in [0, 0.1) is 0 Å². The molecule has 3 rings (SSSR count). The van der Waals surface area contributed by atoms with E-state index in [1.165, 1.54) is 0 Å². The number of hydrogen-bond donors (Lipinski definition) is 1. The lowest BCUT2D eigenvalue weighted by Gasteiger charge is -2.18. The van der Waals surface area contributed by atoms with Crippen molar-refractivity contribution >= 4 is 33.4 Å². The maximum Gasteiger partial charge on any atom is 0.251 e. The van der Waals surface area contributed by atoms with Crippen LogP contribution in [-0.4, -0.2) is 25.5 Å². The summed E-state index contributed by atoms with van der Waals surface area (Å²) in [5.74, 6) is 0.687. The fourth-order valence-electron chi connectivity index (χ4n) is 3.05. The van der Waals surface area contributed by atoms with Gasteiger partial charge in [-0.2, -0.15) is 0 Å². The van der Waals surface area contributed by atoms with Crippen molar-refractivity contribution in [3.8, 4) is 5.75 Å². The second-order valence-corrected chi connectivity index (χ2v) is 7.14. The third kappa shape index (κ3) is 3.90. The quantitative estimate of drug-likeness (QED) is 0.798. The molecule has 2 amide bonds. The molecule has 2 aromatic rings. The van der Waals surface area contributed by atoms with Crippen molar-refractivity contribution in [3.63, 3.8) is 0 Å². The number of nitrogens with one attached hydrogen (secondary N) is 1. The first-order chi connectivity index (χ1) is 12.5. The molecule has 5 nitrogen and oxygen atoms in total. The Bertz CT molecular complexity index is 838. The predicted molar refractivity (Wildman–Crippen MR) is 105 cm³/mol. The minimum atomic E-state index is -0.169. The monoisotopic (exact) mass is 416 g/mol. The SMILES string of the molecule is COc1ccc([C@H](C)NC(=O)c2cccc(N3CCCC3=O)c2)cc1Br. The molecule has 0 aliphatic carbocycles. The smallest absolute Gasteiger partial charge is 0.251 e. The van der Waals surface area contributed by atoms with Crippen LogP contribution < -0.4 is 15.0 Å². The minimum absolute atomic E-state index is 0.110. The Labute approximate surface area is 161 Å². The van der Waals surface area contributed by atoms with Crippen LogP contribution in [0.5, 0.6) is 5.75 Å². The van der Waals surface area contributed by atoms with E-state index >= 15 is 0 Å². The molecular weight excluding hydrogens is 396 g/mol. The summed E-state index contributed by atoms with van der Waals surface area (Å²) in [7, 11) is 1.61. The second-order valence-electron chi connectivity index (χ2n) is 6.29. The van der Waals surface area contributed by atoms with Crippen molar-refractivity contribution in [2.45, 2.75) is 25.8 Å². The van der Waals surface area contributed by atoms with Gasteiger partial charge in [0.25, 0.3) is 5.91 Å². The maximum absolute atomic E-state index is 12.6. The average Bonchev–Trinajstić information content (AvgIpc) is 3.07. The summed E-state index contributed by atoms with van der Waals surface area (Å²) in [5.41, 5.74) is 2.29. The molecule has 0 aromatic heterocycles. The van der Waals surface area contributed by atoms with E-state index in [0.717, 1.165) is 27.9 Å². The zero-order valence-electron chi connectivity index (χ0n) is 14.8. The number of ether oxygens (including phenoxy) is 1. The molecular formula is C20H21BrN2O3. The Kier molecular flexibility index (Phi) is 5.61. The number of amides is 2. The van der Waals surface area contributed by atoms with E-state index in [2.05, 4.69) is 21.2 Å². The van der Waals surface area contributed by atoms with Gasteiger partial charge in [0.2, 0.25) is 5.91 Å². The van der Waals surface area contributed by atoms with Gasteiger partial charge in [-0.25, -0.2) is 0 Å². The van der Waals surface area contributed by atoms with E-state index < -0.39 is 0 Å². The molecule has 0 bridgehead atoms. The van der Waals surface area contributed by atoms with Gasteiger partial charge in [0.05, 0.1) is 17.6 Å². The van der Waals surface area contributed by atoms with Gasteiger partial charge in [0.15, 0.2) is 0 Å². The van der Waals surface area contributed by atoms with E-state index in [0.29, 0.717) is 18.5 Å². The van der Waals surface area contributed by atoms with Crippen LogP contribution in [0.15, 0.2) is 46.9 Å². The molecule has 2 aromatic carbocycles. The molecule has 0 saturated carbocycles. The summed E-state index contributed by atoms with van der Waals surface area (Å²) in [6.07, 6.45) is 1.43. The highest BCUT2D eigenvalue weighted by Gasteiger charge is 2.22. The van der Waals surface area contributed by atoms with Crippen molar-refractivity contribution in [3.05, 3.63) is 58.1 Å². The molecule has 6 heteroatoms. The van der Waals surface area contributed by atoms with Gasteiger partial charge in [-0.15, -0.1) is 0 Å². The standard InChI is InChI=1S/C20H21BrN2O3/c1-13(14-8-9-18(26-2)17(21)12-14)22-20(25)15-5-3-6-16(11-15)23-10-4-7-19(23)24/h3,5-6,8-9,11-13H,4,7,10H2,1-2H3,(H,22,25)/t13-/m0/s1. The van der Waals surface area contributed by atoms with Crippen molar-refractivity contribution in [2.75, 3.05) is 18.6 Å². The molecule has 0 spiro atoms. The molecule has 0 unspecified atom stereocenters. The van der Waals surface area contributed by atoms with Crippen molar-refractivity contribution in [1.29, 1.82) is 0 Å². The number of carbonyl (C=O) groups excluding carboxylic acids is 2. The molecule has 26 heavy (non-hydrogen) atoms. The van der Waals surface area contributed by atoms with Crippen molar-refractivity contribution in [1.82, 2.24) is 5.32 Å². The van der Waals surface area contributed by atoms with Crippen LogP contribution in [0.3, 0.4) is 0 Å². The molecule has 1 N–H and O–H groups in total. The molecule has 1 saturated heterocycles. The highest BCUT2D eigenvalue weighted by molar-refractivity contribution is 9.10. The molecule has 0 radical (unpaired) electrons. The highest BCUT2D eigenvalue weighted by Crippen LogP contribution is 2.28. The zero-order valence-corrected chi connectivity index (χ0v) is 16.4. The molecule has 1 aliphatic heterocycles. The Morgan fingerprint density at radius 1 is 1.27 bits per heavy atom. The van der Waals surface area contributed by atoms with Crippen LogP contribution in [0.25, 0.3) is 0 Å². The van der Waals surface area contributed by atoms with E-state index in [-0.39, 0.29) is 17.9 Å². The van der Waals surface area contributed by atoms with Crippen LogP contribution in [0.4, 0.5) is 5.69 Å². The van der Waals surface area contributed by atoms with Crippen LogP contribution in [0.2, 0.25) is 0 Å². The minimum Gasteiger partial charge on any atom is -0.496 e. The fraction of sp³-hybridized carbons (Fsp3) is 0.300. The Morgan fingerprint density at radius 2 is 2.08 bits per heavy atom. The maximum atomic E-state index is 12.6. The molecule has 1 heterocycles. The van der Waals surface area contributed by atoms with Gasteiger partial charge in [0, 0.05) is 24.2 Å². The summed E-state index contributed by atoms with van der Waals surface area (Å²) in [6.45, 7) is 2.64. The summed E-state index contributed by atoms with van der Waals surface area (Å²) in [6, 6.07) is 12.8. The molecule has 1 fully saturated rings. The topological polar surface area (TPSA) is 58.6 Å². The average molecular weight is 417 g/mol. The number of halogens is 1. The molecule has 1 atom stereocenters. The number of anilines is 1. The van der Waals surface area contributed by atoms with Crippen molar-refractivity contribution < 1.29 is 14.3 Å². The molecule has 1 aliphatic rings. The largest absolute Gasteiger partial charge is 0.496 e. The third-order valence-electron chi connectivity index (χ3n) is 4.52. The lowest BCUT2D eigenvalue weighted by molar-refractivity contribution is -0.117. The first kappa shape index (κ1) is 18.5. The zero-order chi connectivity index (χ0) is 18.7. The van der Waals surface area contributed by atoms with Gasteiger partial charge < -0.3 is 15.0 Å². The lowest BCUT2D eigenvalue weighted by Crippen LogP contribution is -2.28. The third-order valence-corrected chi connectivity index (χ3v) is 5.14. The van der Waals surface area contributed by atoms with E-state index in [1.807, 2.05) is 37.3 Å². The first-order valence-corrected chi connectivity index (χ1v) is 9.33. The van der Waals surface area contributed by atoms with Gasteiger partial charge in [-0.1, -0.05) is 12.1 Å².